The molecular weight excluding hydrogens is 278 g/mol. The number of benzene rings is 1. The van der Waals surface area contributed by atoms with Gasteiger partial charge in [0.15, 0.2) is 0 Å². The van der Waals surface area contributed by atoms with E-state index in [1.807, 2.05) is 16.8 Å². The summed E-state index contributed by atoms with van der Waals surface area (Å²) < 4.78 is 0. The molecule has 0 unspecified atom stereocenters. The molecule has 2 aromatic rings. The van der Waals surface area contributed by atoms with E-state index in [9.17, 15) is 14.9 Å². The smallest absolute Gasteiger partial charge is 0.305 e. The summed E-state index contributed by atoms with van der Waals surface area (Å²) >= 11 is 1.53. The van der Waals surface area contributed by atoms with Crippen molar-refractivity contribution < 1.29 is 9.72 Å². The summed E-state index contributed by atoms with van der Waals surface area (Å²) in [5, 5.41) is 20.4. The number of amides is 1. The Hall–Kier alpha value is -2.41. The summed E-state index contributed by atoms with van der Waals surface area (Å²) in [6, 6.07) is 6.51. The molecule has 0 atom stereocenters. The number of carbonyl (C=O) groups is 1. The van der Waals surface area contributed by atoms with E-state index >= 15 is 0 Å². The summed E-state index contributed by atoms with van der Waals surface area (Å²) in [6.45, 7) is 0.350. The van der Waals surface area contributed by atoms with Gasteiger partial charge in [0.2, 0.25) is 0 Å². The first kappa shape index (κ1) is 14.0. The lowest BCUT2D eigenvalue weighted by molar-refractivity contribution is -0.384. The minimum atomic E-state index is -0.550. The molecule has 1 amide bonds. The summed E-state index contributed by atoms with van der Waals surface area (Å²) in [5.74, 6) is -0.458. The highest BCUT2D eigenvalue weighted by atomic mass is 32.1. The fourth-order valence-electron chi connectivity index (χ4n) is 1.80. The first-order valence-corrected chi connectivity index (χ1v) is 6.82. The van der Waals surface area contributed by atoms with E-state index in [1.54, 1.807) is 19.2 Å². The van der Waals surface area contributed by atoms with E-state index in [0.717, 1.165) is 5.56 Å². The number of nitrogens with one attached hydrogen (secondary N) is 2. The van der Waals surface area contributed by atoms with Gasteiger partial charge in [0.05, 0.1) is 4.92 Å². The van der Waals surface area contributed by atoms with Gasteiger partial charge in [0.25, 0.3) is 5.91 Å². The van der Waals surface area contributed by atoms with Crippen LogP contribution in [0.15, 0.2) is 35.0 Å². The van der Waals surface area contributed by atoms with Crippen LogP contribution in [0.1, 0.15) is 15.9 Å². The molecule has 0 aliphatic carbocycles. The van der Waals surface area contributed by atoms with Gasteiger partial charge < -0.3 is 10.6 Å². The van der Waals surface area contributed by atoms with Gasteiger partial charge in [0, 0.05) is 13.6 Å². The second-order valence-corrected chi connectivity index (χ2v) is 4.80. The molecule has 0 saturated heterocycles. The van der Waals surface area contributed by atoms with Gasteiger partial charge in [-0.25, -0.2) is 0 Å². The number of rotatable bonds is 5. The van der Waals surface area contributed by atoms with Gasteiger partial charge in [-0.05, 0) is 34.5 Å². The Morgan fingerprint density at radius 1 is 1.40 bits per heavy atom. The molecular formula is C13H13N3O3S. The fraction of sp³-hybridized carbons (Fsp3) is 0.154. The second kappa shape index (κ2) is 6.16. The first-order chi connectivity index (χ1) is 9.63. The Kier molecular flexibility index (Phi) is 4.31. The Morgan fingerprint density at radius 3 is 2.80 bits per heavy atom. The molecule has 0 aliphatic heterocycles. The maximum atomic E-state index is 12.1. The second-order valence-electron chi connectivity index (χ2n) is 4.02. The van der Waals surface area contributed by atoms with E-state index in [-0.39, 0.29) is 11.3 Å². The van der Waals surface area contributed by atoms with Crippen molar-refractivity contribution >= 4 is 28.6 Å². The van der Waals surface area contributed by atoms with Crippen molar-refractivity contribution in [1.29, 1.82) is 0 Å². The summed E-state index contributed by atoms with van der Waals surface area (Å²) in [6.07, 6.45) is 0. The quantitative estimate of drug-likeness (QED) is 0.655. The Balaban J connectivity index is 2.23. The van der Waals surface area contributed by atoms with Gasteiger partial charge >= 0.3 is 5.69 Å². The van der Waals surface area contributed by atoms with Crippen molar-refractivity contribution in [3.8, 4) is 0 Å². The lowest BCUT2D eigenvalue weighted by Gasteiger charge is -2.08. The molecule has 1 aromatic heterocycles. The van der Waals surface area contributed by atoms with Crippen molar-refractivity contribution in [2.75, 3.05) is 12.4 Å². The van der Waals surface area contributed by atoms with E-state index in [1.165, 1.54) is 17.4 Å². The van der Waals surface area contributed by atoms with Gasteiger partial charge in [-0.2, -0.15) is 11.3 Å². The van der Waals surface area contributed by atoms with Crippen LogP contribution in [-0.2, 0) is 6.54 Å². The fourth-order valence-corrected chi connectivity index (χ4v) is 2.46. The van der Waals surface area contributed by atoms with Crippen LogP contribution in [0.2, 0.25) is 0 Å². The van der Waals surface area contributed by atoms with E-state index in [4.69, 9.17) is 0 Å². The number of para-hydroxylation sites is 1. The number of nitrogens with zero attached hydrogens (tertiary/aromatic N) is 1. The molecule has 20 heavy (non-hydrogen) atoms. The monoisotopic (exact) mass is 291 g/mol. The molecule has 0 radical (unpaired) electrons. The number of hydrogen-bond donors (Lipinski definition) is 2. The minimum absolute atomic E-state index is 0.0529. The highest BCUT2D eigenvalue weighted by Crippen LogP contribution is 2.28. The lowest BCUT2D eigenvalue weighted by atomic mass is 10.1. The molecule has 6 nitrogen and oxygen atoms in total. The third kappa shape index (κ3) is 2.94. The van der Waals surface area contributed by atoms with Crippen LogP contribution in [0.4, 0.5) is 11.4 Å². The number of hydrogen-bond acceptors (Lipinski definition) is 5. The predicted molar refractivity (Wildman–Crippen MR) is 78.1 cm³/mol. The third-order valence-electron chi connectivity index (χ3n) is 2.77. The van der Waals surface area contributed by atoms with E-state index in [2.05, 4.69) is 10.6 Å². The zero-order chi connectivity index (χ0) is 14.5. The van der Waals surface area contributed by atoms with Crippen LogP contribution in [0.5, 0.6) is 0 Å². The van der Waals surface area contributed by atoms with Crippen molar-refractivity contribution in [3.05, 3.63) is 56.3 Å². The van der Waals surface area contributed by atoms with E-state index < -0.39 is 10.8 Å². The summed E-state index contributed by atoms with van der Waals surface area (Å²) in [5.41, 5.74) is 1.13. The van der Waals surface area contributed by atoms with Crippen molar-refractivity contribution in [3.63, 3.8) is 0 Å². The van der Waals surface area contributed by atoms with Crippen LogP contribution in [-0.4, -0.2) is 17.9 Å². The number of nitro benzene ring substituents is 1. The molecule has 0 saturated carbocycles. The number of thiophene rings is 1. The average molecular weight is 291 g/mol. The number of nitro groups is 1. The zero-order valence-corrected chi connectivity index (χ0v) is 11.6. The maximum absolute atomic E-state index is 12.1. The Labute approximate surface area is 119 Å². The highest BCUT2D eigenvalue weighted by molar-refractivity contribution is 7.07. The molecule has 2 rings (SSSR count). The molecule has 1 aromatic carbocycles. The van der Waals surface area contributed by atoms with Crippen LogP contribution in [0, 0.1) is 10.1 Å². The summed E-state index contributed by atoms with van der Waals surface area (Å²) in [4.78, 5) is 22.7. The standard InChI is InChI=1S/C13H13N3O3S/c1-14-11-4-2-3-10(12(11)16(18)19)13(17)15-7-9-5-6-20-8-9/h2-6,8,14H,7H2,1H3,(H,15,17). The maximum Gasteiger partial charge on any atom is 0.305 e. The molecule has 0 fully saturated rings. The average Bonchev–Trinajstić information content (AvgIpc) is 2.96. The minimum Gasteiger partial charge on any atom is -0.383 e. The van der Waals surface area contributed by atoms with E-state index in [0.29, 0.717) is 12.2 Å². The van der Waals surface area contributed by atoms with Crippen LogP contribution < -0.4 is 10.6 Å². The Morgan fingerprint density at radius 2 is 2.20 bits per heavy atom. The Bertz CT molecular complexity index is 626. The predicted octanol–water partition coefficient (Wildman–Crippen LogP) is 2.63. The lowest BCUT2D eigenvalue weighted by Crippen LogP contribution is -2.23. The van der Waals surface area contributed by atoms with Crippen molar-refractivity contribution in [2.24, 2.45) is 0 Å². The SMILES string of the molecule is CNc1cccc(C(=O)NCc2ccsc2)c1[N+](=O)[O-]. The number of anilines is 1. The summed E-state index contributed by atoms with van der Waals surface area (Å²) in [7, 11) is 1.58. The van der Waals surface area contributed by atoms with Crippen molar-refractivity contribution in [1.82, 2.24) is 5.32 Å². The zero-order valence-electron chi connectivity index (χ0n) is 10.8. The molecule has 0 aliphatic rings. The van der Waals surface area contributed by atoms with Crippen LogP contribution in [0.3, 0.4) is 0 Å². The molecule has 2 N–H and O–H groups in total. The van der Waals surface area contributed by atoms with Gasteiger partial charge in [-0.1, -0.05) is 6.07 Å². The largest absolute Gasteiger partial charge is 0.383 e. The molecule has 0 bridgehead atoms. The normalized spacial score (nSPS) is 10.1. The van der Waals surface area contributed by atoms with Crippen molar-refractivity contribution in [2.45, 2.75) is 6.54 Å². The highest BCUT2D eigenvalue weighted by Gasteiger charge is 2.23. The molecule has 7 heteroatoms. The third-order valence-corrected chi connectivity index (χ3v) is 3.50. The topological polar surface area (TPSA) is 84.3 Å². The van der Waals surface area contributed by atoms with Crippen LogP contribution >= 0.6 is 11.3 Å². The van der Waals surface area contributed by atoms with Crippen LogP contribution in [0.25, 0.3) is 0 Å². The molecule has 104 valence electrons. The number of carbonyl (C=O) groups excluding carboxylic acids is 1. The molecule has 0 spiro atoms. The van der Waals surface area contributed by atoms with Gasteiger partial charge in [0.1, 0.15) is 11.3 Å². The van der Waals surface area contributed by atoms with Gasteiger partial charge in [-0.15, -0.1) is 0 Å². The molecule has 1 heterocycles. The first-order valence-electron chi connectivity index (χ1n) is 5.88. The van der Waals surface area contributed by atoms with Gasteiger partial charge in [-0.3, -0.25) is 14.9 Å².